The smallest absolute Gasteiger partial charge is 0.244 e. The predicted octanol–water partition coefficient (Wildman–Crippen LogP) is 3.80. The van der Waals surface area contributed by atoms with Crippen LogP contribution in [0.3, 0.4) is 0 Å². The van der Waals surface area contributed by atoms with E-state index in [0.29, 0.717) is 11.6 Å². The molecule has 0 bridgehead atoms. The minimum Gasteiger partial charge on any atom is -0.324 e. The molecular formula is C19H22N2O2. The van der Waals surface area contributed by atoms with Gasteiger partial charge in [-0.1, -0.05) is 50.2 Å². The zero-order chi connectivity index (χ0) is 16.8. The Hall–Kier alpha value is -2.62. The molecule has 0 atom stereocenters. The average Bonchev–Trinajstić information content (AvgIpc) is 2.53. The number of para-hydroxylation sites is 2. The third-order valence-corrected chi connectivity index (χ3v) is 3.61. The van der Waals surface area contributed by atoms with Gasteiger partial charge in [0.1, 0.15) is 6.54 Å². The number of carbonyl (C=O) groups is 2. The van der Waals surface area contributed by atoms with Crippen molar-refractivity contribution < 1.29 is 9.59 Å². The third-order valence-electron chi connectivity index (χ3n) is 3.61. The topological polar surface area (TPSA) is 49.4 Å². The second-order valence-electron chi connectivity index (χ2n) is 5.73. The van der Waals surface area contributed by atoms with Gasteiger partial charge in [0.2, 0.25) is 11.8 Å². The number of rotatable bonds is 5. The van der Waals surface area contributed by atoms with E-state index in [1.165, 1.54) is 11.8 Å². The second-order valence-corrected chi connectivity index (χ2v) is 5.73. The molecule has 0 saturated heterocycles. The van der Waals surface area contributed by atoms with Gasteiger partial charge in [0.05, 0.1) is 0 Å². The average molecular weight is 310 g/mol. The van der Waals surface area contributed by atoms with E-state index in [1.54, 1.807) is 0 Å². The largest absolute Gasteiger partial charge is 0.324 e. The summed E-state index contributed by atoms with van der Waals surface area (Å²) in [4.78, 5) is 25.7. The zero-order valence-electron chi connectivity index (χ0n) is 13.7. The molecule has 2 aromatic carbocycles. The van der Waals surface area contributed by atoms with Crippen molar-refractivity contribution in [2.75, 3.05) is 16.8 Å². The van der Waals surface area contributed by atoms with Crippen LogP contribution < -0.4 is 10.2 Å². The van der Waals surface area contributed by atoms with Gasteiger partial charge in [-0.15, -0.1) is 0 Å². The molecule has 0 aliphatic heterocycles. The van der Waals surface area contributed by atoms with Crippen molar-refractivity contribution in [1.82, 2.24) is 0 Å². The minimum atomic E-state index is -0.211. The Morgan fingerprint density at radius 2 is 1.61 bits per heavy atom. The maximum atomic E-state index is 12.4. The van der Waals surface area contributed by atoms with Gasteiger partial charge in [-0.05, 0) is 29.7 Å². The molecule has 0 spiro atoms. The molecule has 4 heteroatoms. The maximum absolute atomic E-state index is 12.4. The Morgan fingerprint density at radius 3 is 2.22 bits per heavy atom. The summed E-state index contributed by atoms with van der Waals surface area (Å²) in [6, 6.07) is 16.9. The van der Waals surface area contributed by atoms with E-state index in [9.17, 15) is 9.59 Å². The monoisotopic (exact) mass is 310 g/mol. The highest BCUT2D eigenvalue weighted by molar-refractivity contribution is 6.02. The first-order valence-electron chi connectivity index (χ1n) is 7.71. The Labute approximate surface area is 137 Å². The molecule has 2 amide bonds. The van der Waals surface area contributed by atoms with Gasteiger partial charge in [-0.2, -0.15) is 0 Å². The van der Waals surface area contributed by atoms with E-state index >= 15 is 0 Å². The predicted molar refractivity (Wildman–Crippen MR) is 93.6 cm³/mol. The number of nitrogens with one attached hydrogen (secondary N) is 1. The van der Waals surface area contributed by atoms with E-state index in [0.717, 1.165) is 11.3 Å². The van der Waals surface area contributed by atoms with Crippen molar-refractivity contribution in [2.24, 2.45) is 0 Å². The lowest BCUT2D eigenvalue weighted by molar-refractivity contribution is -0.120. The quantitative estimate of drug-likeness (QED) is 0.913. The van der Waals surface area contributed by atoms with Crippen LogP contribution in [0, 0.1) is 0 Å². The second kappa shape index (κ2) is 7.58. The molecule has 0 fully saturated rings. The van der Waals surface area contributed by atoms with Crippen LogP contribution in [0.4, 0.5) is 11.4 Å². The molecule has 0 radical (unpaired) electrons. The van der Waals surface area contributed by atoms with Crippen LogP contribution in [0.5, 0.6) is 0 Å². The lowest BCUT2D eigenvalue weighted by Gasteiger charge is -2.21. The van der Waals surface area contributed by atoms with Crippen LogP contribution in [-0.2, 0) is 9.59 Å². The van der Waals surface area contributed by atoms with Gasteiger partial charge >= 0.3 is 0 Å². The first-order chi connectivity index (χ1) is 11.0. The molecule has 0 aliphatic rings. The standard InChI is InChI=1S/C19H22N2O2/c1-14(2)17-11-7-8-12-18(17)20-19(23)13-21(15(3)22)16-9-5-4-6-10-16/h4-12,14H,13H2,1-3H3,(H,20,23). The molecule has 0 heterocycles. The Morgan fingerprint density at radius 1 is 1.00 bits per heavy atom. The highest BCUT2D eigenvalue weighted by atomic mass is 16.2. The summed E-state index contributed by atoms with van der Waals surface area (Å²) < 4.78 is 0. The van der Waals surface area contributed by atoms with Gasteiger partial charge in [0.15, 0.2) is 0 Å². The molecule has 0 aromatic heterocycles. The summed E-state index contributed by atoms with van der Waals surface area (Å²) in [5, 5.41) is 2.91. The fourth-order valence-corrected chi connectivity index (χ4v) is 2.44. The molecule has 0 saturated carbocycles. The molecule has 2 rings (SSSR count). The Kier molecular flexibility index (Phi) is 5.52. The molecule has 120 valence electrons. The van der Waals surface area contributed by atoms with E-state index in [-0.39, 0.29) is 18.4 Å². The normalized spacial score (nSPS) is 10.4. The molecule has 0 unspecified atom stereocenters. The molecule has 2 aromatic rings. The number of carbonyl (C=O) groups excluding carboxylic acids is 2. The molecular weight excluding hydrogens is 288 g/mol. The van der Waals surface area contributed by atoms with Crippen molar-refractivity contribution >= 4 is 23.2 Å². The summed E-state index contributed by atoms with van der Waals surface area (Å²) in [5.74, 6) is -0.0646. The molecule has 1 N–H and O–H groups in total. The lowest BCUT2D eigenvalue weighted by atomic mass is 10.0. The van der Waals surface area contributed by atoms with Gasteiger partial charge in [-0.25, -0.2) is 0 Å². The molecule has 4 nitrogen and oxygen atoms in total. The van der Waals surface area contributed by atoms with Crippen LogP contribution >= 0.6 is 0 Å². The van der Waals surface area contributed by atoms with E-state index in [2.05, 4.69) is 19.2 Å². The van der Waals surface area contributed by atoms with Gasteiger partial charge < -0.3 is 10.2 Å². The zero-order valence-corrected chi connectivity index (χ0v) is 13.7. The van der Waals surface area contributed by atoms with Crippen molar-refractivity contribution in [2.45, 2.75) is 26.7 Å². The third kappa shape index (κ3) is 4.42. The van der Waals surface area contributed by atoms with Crippen LogP contribution in [-0.4, -0.2) is 18.4 Å². The minimum absolute atomic E-state index is 0.00816. The van der Waals surface area contributed by atoms with Crippen LogP contribution in [0.1, 0.15) is 32.3 Å². The fraction of sp³-hybridized carbons (Fsp3) is 0.263. The summed E-state index contributed by atoms with van der Waals surface area (Å²) in [5.41, 5.74) is 2.59. The lowest BCUT2D eigenvalue weighted by Crippen LogP contribution is -2.36. The number of hydrogen-bond acceptors (Lipinski definition) is 2. The highest BCUT2D eigenvalue weighted by Crippen LogP contribution is 2.23. The van der Waals surface area contributed by atoms with Crippen molar-refractivity contribution in [3.63, 3.8) is 0 Å². The first-order valence-corrected chi connectivity index (χ1v) is 7.71. The molecule has 0 aliphatic carbocycles. The number of hydrogen-bond donors (Lipinski definition) is 1. The van der Waals surface area contributed by atoms with Gasteiger partial charge in [-0.3, -0.25) is 9.59 Å². The summed E-state index contributed by atoms with van der Waals surface area (Å²) >= 11 is 0. The Balaban J connectivity index is 2.13. The van der Waals surface area contributed by atoms with E-state index < -0.39 is 0 Å². The van der Waals surface area contributed by atoms with Crippen molar-refractivity contribution in [1.29, 1.82) is 0 Å². The number of nitrogens with zero attached hydrogens (tertiary/aromatic N) is 1. The van der Waals surface area contributed by atoms with Gasteiger partial charge in [0, 0.05) is 18.3 Å². The number of anilines is 2. The highest BCUT2D eigenvalue weighted by Gasteiger charge is 2.16. The van der Waals surface area contributed by atoms with Crippen molar-refractivity contribution in [3.05, 3.63) is 60.2 Å². The van der Waals surface area contributed by atoms with E-state index in [1.807, 2.05) is 54.6 Å². The summed E-state index contributed by atoms with van der Waals surface area (Å²) in [7, 11) is 0. The number of amides is 2. The summed E-state index contributed by atoms with van der Waals surface area (Å²) in [6.45, 7) is 5.61. The first kappa shape index (κ1) is 16.7. The summed E-state index contributed by atoms with van der Waals surface area (Å²) in [6.07, 6.45) is 0. The van der Waals surface area contributed by atoms with Crippen LogP contribution in [0.2, 0.25) is 0 Å². The fourth-order valence-electron chi connectivity index (χ4n) is 2.44. The van der Waals surface area contributed by atoms with Crippen LogP contribution in [0.25, 0.3) is 0 Å². The van der Waals surface area contributed by atoms with Crippen molar-refractivity contribution in [3.8, 4) is 0 Å². The maximum Gasteiger partial charge on any atom is 0.244 e. The van der Waals surface area contributed by atoms with Crippen LogP contribution in [0.15, 0.2) is 54.6 Å². The van der Waals surface area contributed by atoms with Gasteiger partial charge in [0.25, 0.3) is 0 Å². The SMILES string of the molecule is CC(=O)N(CC(=O)Nc1ccccc1C(C)C)c1ccccc1. The van der Waals surface area contributed by atoms with E-state index in [4.69, 9.17) is 0 Å². The Bertz CT molecular complexity index is 681. The molecule has 23 heavy (non-hydrogen) atoms. The number of benzene rings is 2.